The van der Waals surface area contributed by atoms with Crippen molar-refractivity contribution in [2.45, 2.75) is 50.8 Å². The van der Waals surface area contributed by atoms with E-state index in [-0.39, 0.29) is 5.60 Å². The van der Waals surface area contributed by atoms with E-state index in [1.807, 2.05) is 6.07 Å². The zero-order valence-electron chi connectivity index (χ0n) is 12.2. The number of rotatable bonds is 2. The van der Waals surface area contributed by atoms with Gasteiger partial charge in [-0.05, 0) is 32.8 Å². The highest BCUT2D eigenvalue weighted by atomic mass is 32.2. The maximum atomic E-state index is 11.5. The van der Waals surface area contributed by atoms with E-state index in [1.165, 1.54) is 5.56 Å². The third kappa shape index (κ3) is 3.07. The van der Waals surface area contributed by atoms with E-state index >= 15 is 0 Å². The van der Waals surface area contributed by atoms with Gasteiger partial charge >= 0.3 is 0 Å². The minimum Gasteiger partial charge on any atom is -0.487 e. The van der Waals surface area contributed by atoms with Crippen molar-refractivity contribution in [3.8, 4) is 5.75 Å². The Balaban J connectivity index is 1.77. The molecule has 4 heteroatoms. The molecule has 3 nitrogen and oxygen atoms in total. The Hall–Kier alpha value is -0.870. The normalized spacial score (nSPS) is 32.2. The van der Waals surface area contributed by atoms with Crippen molar-refractivity contribution in [1.82, 2.24) is 5.32 Å². The average Bonchev–Trinajstić information content (AvgIpc) is 2.40. The first-order valence-corrected chi connectivity index (χ1v) is 8.91. The summed E-state index contributed by atoms with van der Waals surface area (Å²) < 4.78 is 17.5. The third-order valence-corrected chi connectivity index (χ3v) is 5.58. The van der Waals surface area contributed by atoms with Crippen LogP contribution in [0.1, 0.15) is 44.7 Å². The first kappa shape index (κ1) is 14.1. The number of fused-ring (bicyclic) bond motifs is 1. The molecule has 0 aliphatic carbocycles. The second-order valence-electron chi connectivity index (χ2n) is 6.45. The second kappa shape index (κ2) is 5.49. The number of hydrogen-bond donors (Lipinski definition) is 1. The summed E-state index contributed by atoms with van der Waals surface area (Å²) in [4.78, 5) is 0. The van der Waals surface area contributed by atoms with Crippen molar-refractivity contribution in [3.05, 3.63) is 29.8 Å². The summed E-state index contributed by atoms with van der Waals surface area (Å²) in [5, 5.41) is 3.78. The van der Waals surface area contributed by atoms with E-state index < -0.39 is 10.8 Å². The van der Waals surface area contributed by atoms with E-state index in [2.05, 4.69) is 37.4 Å². The molecule has 1 unspecified atom stereocenters. The van der Waals surface area contributed by atoms with Gasteiger partial charge in [0, 0.05) is 46.4 Å². The number of nitrogens with one attached hydrogen (secondary N) is 1. The quantitative estimate of drug-likeness (QED) is 0.911. The van der Waals surface area contributed by atoms with Gasteiger partial charge in [0.05, 0.1) is 0 Å². The molecule has 1 atom stereocenters. The van der Waals surface area contributed by atoms with Gasteiger partial charge in [0.15, 0.2) is 0 Å². The van der Waals surface area contributed by atoms with Crippen LogP contribution in [0.3, 0.4) is 0 Å². The van der Waals surface area contributed by atoms with Gasteiger partial charge in [-0.15, -0.1) is 0 Å². The smallest absolute Gasteiger partial charge is 0.124 e. The molecule has 3 rings (SSSR count). The number of para-hydroxylation sites is 1. The summed E-state index contributed by atoms with van der Waals surface area (Å²) in [6, 6.07) is 9.14. The van der Waals surface area contributed by atoms with Gasteiger partial charge in [-0.1, -0.05) is 18.2 Å². The number of hydrogen-bond acceptors (Lipinski definition) is 3. The molecule has 0 radical (unpaired) electrons. The minimum atomic E-state index is -0.593. The van der Waals surface area contributed by atoms with Crippen LogP contribution >= 0.6 is 0 Å². The van der Waals surface area contributed by atoms with Crippen LogP contribution in [0.4, 0.5) is 0 Å². The highest BCUT2D eigenvalue weighted by Crippen LogP contribution is 2.39. The van der Waals surface area contributed by atoms with Gasteiger partial charge < -0.3 is 10.1 Å². The molecule has 1 saturated heterocycles. The van der Waals surface area contributed by atoms with E-state index in [9.17, 15) is 4.21 Å². The Labute approximate surface area is 123 Å². The third-order valence-electron chi connectivity index (χ3n) is 4.20. The summed E-state index contributed by atoms with van der Waals surface area (Å²) >= 11 is 0. The van der Waals surface area contributed by atoms with Crippen LogP contribution in [0.25, 0.3) is 0 Å². The highest BCUT2D eigenvalue weighted by Gasteiger charge is 2.34. The van der Waals surface area contributed by atoms with Crippen molar-refractivity contribution in [1.29, 1.82) is 0 Å². The summed E-state index contributed by atoms with van der Waals surface area (Å²) in [5.41, 5.74) is 1.13. The van der Waals surface area contributed by atoms with Gasteiger partial charge in [0.25, 0.3) is 0 Å². The molecule has 1 N–H and O–H groups in total. The van der Waals surface area contributed by atoms with E-state index in [1.54, 1.807) is 0 Å². The molecule has 2 heterocycles. The predicted molar refractivity (Wildman–Crippen MR) is 82.5 cm³/mol. The Kier molecular flexibility index (Phi) is 3.87. The summed E-state index contributed by atoms with van der Waals surface area (Å²) in [6.07, 6.45) is 3.02. The lowest BCUT2D eigenvalue weighted by Crippen LogP contribution is -2.44. The molecule has 110 valence electrons. The van der Waals surface area contributed by atoms with Crippen molar-refractivity contribution >= 4 is 10.8 Å². The molecule has 20 heavy (non-hydrogen) atoms. The molecule has 0 bridgehead atoms. The van der Waals surface area contributed by atoms with Gasteiger partial charge in [-0.3, -0.25) is 4.21 Å². The van der Waals surface area contributed by atoms with E-state index in [0.717, 1.165) is 36.5 Å². The van der Waals surface area contributed by atoms with Crippen LogP contribution in [0, 0.1) is 0 Å². The first-order valence-electron chi connectivity index (χ1n) is 7.42. The van der Waals surface area contributed by atoms with Gasteiger partial charge in [-0.25, -0.2) is 0 Å². The lowest BCUT2D eigenvalue weighted by molar-refractivity contribution is 0.0633. The Morgan fingerprint density at radius 2 is 1.95 bits per heavy atom. The fraction of sp³-hybridized carbons (Fsp3) is 0.625. The van der Waals surface area contributed by atoms with E-state index in [4.69, 9.17) is 4.74 Å². The molecule has 0 saturated carbocycles. The monoisotopic (exact) mass is 293 g/mol. The fourth-order valence-corrected chi connectivity index (χ4v) is 4.49. The average molecular weight is 293 g/mol. The topological polar surface area (TPSA) is 38.3 Å². The van der Waals surface area contributed by atoms with Crippen molar-refractivity contribution in [3.63, 3.8) is 0 Å². The maximum absolute atomic E-state index is 11.5. The molecule has 2 aliphatic heterocycles. The summed E-state index contributed by atoms with van der Waals surface area (Å²) in [7, 11) is -0.593. The zero-order chi connectivity index (χ0) is 14.2. The molecule has 0 aromatic heterocycles. The Morgan fingerprint density at radius 1 is 1.25 bits per heavy atom. The van der Waals surface area contributed by atoms with Crippen LogP contribution in [-0.2, 0) is 10.8 Å². The summed E-state index contributed by atoms with van der Waals surface area (Å²) in [6.45, 7) is 4.29. The number of ether oxygens (including phenoxy) is 1. The predicted octanol–water partition coefficient (Wildman–Crippen LogP) is 2.79. The molecule has 1 aromatic rings. The van der Waals surface area contributed by atoms with Crippen LogP contribution in [-0.4, -0.2) is 27.4 Å². The molecule has 2 aliphatic rings. The van der Waals surface area contributed by atoms with Crippen molar-refractivity contribution < 1.29 is 8.95 Å². The summed E-state index contributed by atoms with van der Waals surface area (Å²) in [5.74, 6) is 2.68. The molecule has 1 aromatic carbocycles. The SMILES string of the molecule is CC1(C)CC(NC2CCS(=O)CC2)c2ccccc2O1. The molecule has 0 spiro atoms. The molecular formula is C16H23NO2S. The zero-order valence-corrected chi connectivity index (χ0v) is 13.0. The maximum Gasteiger partial charge on any atom is 0.124 e. The van der Waals surface area contributed by atoms with Crippen LogP contribution in [0.2, 0.25) is 0 Å². The van der Waals surface area contributed by atoms with Gasteiger partial charge in [0.2, 0.25) is 0 Å². The van der Waals surface area contributed by atoms with Crippen LogP contribution in [0.5, 0.6) is 5.75 Å². The first-order chi connectivity index (χ1) is 9.53. The van der Waals surface area contributed by atoms with Crippen molar-refractivity contribution in [2.75, 3.05) is 11.5 Å². The van der Waals surface area contributed by atoms with Gasteiger partial charge in [-0.2, -0.15) is 0 Å². The molecule has 1 fully saturated rings. The minimum absolute atomic E-state index is 0.135. The lowest BCUT2D eigenvalue weighted by atomic mass is 9.89. The van der Waals surface area contributed by atoms with Gasteiger partial charge in [0.1, 0.15) is 11.4 Å². The standard InChI is InChI=1S/C16H23NO2S/c1-16(2)11-14(13-5-3-4-6-15(13)19-16)17-12-7-9-20(18)10-8-12/h3-6,12,14,17H,7-11H2,1-2H3. The molecule has 0 amide bonds. The number of benzene rings is 1. The second-order valence-corrected chi connectivity index (χ2v) is 8.14. The Bertz CT molecular complexity index is 505. The van der Waals surface area contributed by atoms with E-state index in [0.29, 0.717) is 12.1 Å². The van der Waals surface area contributed by atoms with Crippen LogP contribution in [0.15, 0.2) is 24.3 Å². The van der Waals surface area contributed by atoms with Crippen molar-refractivity contribution in [2.24, 2.45) is 0 Å². The Morgan fingerprint density at radius 3 is 2.70 bits per heavy atom. The lowest BCUT2D eigenvalue weighted by Gasteiger charge is -2.40. The largest absolute Gasteiger partial charge is 0.487 e. The highest BCUT2D eigenvalue weighted by molar-refractivity contribution is 7.85. The fourth-order valence-electron chi connectivity index (χ4n) is 3.20. The van der Waals surface area contributed by atoms with Crippen LogP contribution < -0.4 is 10.1 Å². The molecular weight excluding hydrogens is 270 g/mol.